The van der Waals surface area contributed by atoms with Crippen molar-refractivity contribution in [1.82, 2.24) is 0 Å². The van der Waals surface area contributed by atoms with Crippen LogP contribution in [-0.2, 0) is 0 Å². The Hall–Kier alpha value is -3.36. The van der Waals surface area contributed by atoms with Gasteiger partial charge >= 0.3 is 12.4 Å². The minimum absolute atomic E-state index is 0.0622. The first-order valence-electron chi connectivity index (χ1n) is 9.51. The van der Waals surface area contributed by atoms with Gasteiger partial charge in [-0.3, -0.25) is 9.79 Å². The van der Waals surface area contributed by atoms with Crippen LogP contribution in [0.15, 0.2) is 59.6 Å². The zero-order chi connectivity index (χ0) is 23.4. The van der Waals surface area contributed by atoms with Gasteiger partial charge in [0.1, 0.15) is 6.17 Å². The van der Waals surface area contributed by atoms with Crippen LogP contribution in [0, 0.1) is 6.92 Å². The lowest BCUT2D eigenvalue weighted by atomic mass is 9.91. The van der Waals surface area contributed by atoms with Gasteiger partial charge in [0, 0.05) is 23.6 Å². The highest BCUT2D eigenvalue weighted by atomic mass is 19.4. The van der Waals surface area contributed by atoms with Gasteiger partial charge < -0.3 is 4.90 Å². The molecule has 0 amide bonds. The molecule has 0 fully saturated rings. The molecule has 0 aromatic heterocycles. The van der Waals surface area contributed by atoms with Gasteiger partial charge in [0.05, 0.1) is 5.69 Å². The predicted octanol–water partition coefficient (Wildman–Crippen LogP) is 6.39. The number of Topliss-reactive ketones (excluding diaryl/α,β-unsaturated/α-hetero) is 1. The average molecular weight is 450 g/mol. The number of fused-ring (bicyclic) bond motifs is 3. The Bertz CT molecular complexity index is 1240. The van der Waals surface area contributed by atoms with E-state index in [4.69, 9.17) is 0 Å². The van der Waals surface area contributed by atoms with E-state index in [0.717, 1.165) is 5.56 Å². The third-order valence-electron chi connectivity index (χ3n) is 5.39. The van der Waals surface area contributed by atoms with Crippen molar-refractivity contribution >= 4 is 28.0 Å². The van der Waals surface area contributed by atoms with E-state index in [1.54, 1.807) is 24.3 Å². The summed E-state index contributed by atoms with van der Waals surface area (Å²) in [5, 5.41) is 0.0281. The molecule has 1 unspecified atom stereocenters. The number of ketones is 1. The molecule has 9 heteroatoms. The van der Waals surface area contributed by atoms with Crippen molar-refractivity contribution < 1.29 is 31.1 Å². The van der Waals surface area contributed by atoms with Gasteiger partial charge in [-0.1, -0.05) is 54.1 Å². The van der Waals surface area contributed by atoms with Crippen LogP contribution in [0.25, 0.3) is 10.8 Å². The highest BCUT2D eigenvalue weighted by molar-refractivity contribution is 6.21. The fourth-order valence-corrected chi connectivity index (χ4v) is 3.92. The summed E-state index contributed by atoms with van der Waals surface area (Å²) in [4.78, 5) is 17.4. The first-order valence-corrected chi connectivity index (χ1v) is 9.51. The molecule has 166 valence electrons. The van der Waals surface area contributed by atoms with Crippen molar-refractivity contribution in [2.45, 2.75) is 25.4 Å². The monoisotopic (exact) mass is 450 g/mol. The van der Waals surface area contributed by atoms with Crippen molar-refractivity contribution in [1.29, 1.82) is 0 Å². The summed E-state index contributed by atoms with van der Waals surface area (Å²) in [6, 6.07) is 13.1. The van der Waals surface area contributed by atoms with E-state index < -0.39 is 41.1 Å². The van der Waals surface area contributed by atoms with Crippen LogP contribution in [0.4, 0.5) is 32.0 Å². The summed E-state index contributed by atoms with van der Waals surface area (Å²) in [5.41, 5.74) is -1.26. The quantitative estimate of drug-likeness (QED) is 0.335. The lowest BCUT2D eigenvalue weighted by Crippen LogP contribution is -2.36. The largest absolute Gasteiger partial charge is 0.454 e. The second-order valence-corrected chi connectivity index (χ2v) is 7.56. The zero-order valence-electron chi connectivity index (χ0n) is 16.8. The average Bonchev–Trinajstić information content (AvgIpc) is 2.72. The normalized spacial score (nSPS) is 16.7. The van der Waals surface area contributed by atoms with Crippen LogP contribution >= 0.6 is 0 Å². The SMILES string of the molecule is Cc1ccc(C2N=C(C(F)(F)F)c3cc(C(=O)C(F)(F)F)c4ccccc4c3N2C)cc1. The van der Waals surface area contributed by atoms with Gasteiger partial charge in [0.25, 0.3) is 5.78 Å². The Morgan fingerprint density at radius 2 is 1.53 bits per heavy atom. The third kappa shape index (κ3) is 3.61. The molecule has 3 aromatic rings. The standard InChI is InChI=1S/C23H16F6N2O/c1-12-7-9-13(10-8-12)21-30-19(22(24,25)26)17-11-16(20(32)23(27,28)29)14-5-3-4-6-15(14)18(17)31(21)2/h3-11,21H,1-2H3. The first-order chi connectivity index (χ1) is 14.9. The maximum Gasteiger partial charge on any atom is 0.454 e. The van der Waals surface area contributed by atoms with E-state index >= 15 is 0 Å². The Labute approximate surface area is 179 Å². The lowest BCUT2D eigenvalue weighted by molar-refractivity contribution is -0.0884. The molecular formula is C23H16F6N2O. The molecule has 1 heterocycles. The summed E-state index contributed by atoms with van der Waals surface area (Å²) >= 11 is 0. The molecule has 0 saturated carbocycles. The highest BCUT2D eigenvalue weighted by Crippen LogP contribution is 2.44. The minimum Gasteiger partial charge on any atom is -0.348 e. The Morgan fingerprint density at radius 3 is 2.09 bits per heavy atom. The molecule has 3 aromatic carbocycles. The van der Waals surface area contributed by atoms with Gasteiger partial charge in [-0.05, 0) is 23.9 Å². The topological polar surface area (TPSA) is 32.7 Å². The van der Waals surface area contributed by atoms with Gasteiger partial charge in [0.2, 0.25) is 0 Å². The maximum atomic E-state index is 14.0. The predicted molar refractivity (Wildman–Crippen MR) is 109 cm³/mol. The van der Waals surface area contributed by atoms with E-state index in [0.29, 0.717) is 11.6 Å². The molecule has 1 aliphatic rings. The van der Waals surface area contributed by atoms with Crippen LogP contribution in [-0.4, -0.2) is 30.9 Å². The van der Waals surface area contributed by atoms with Crippen LogP contribution < -0.4 is 4.90 Å². The van der Waals surface area contributed by atoms with Gasteiger partial charge in [-0.15, -0.1) is 0 Å². The van der Waals surface area contributed by atoms with Crippen molar-refractivity contribution in [2.24, 2.45) is 4.99 Å². The molecule has 3 nitrogen and oxygen atoms in total. The zero-order valence-corrected chi connectivity index (χ0v) is 16.8. The van der Waals surface area contributed by atoms with Crippen molar-refractivity contribution in [3.8, 4) is 0 Å². The van der Waals surface area contributed by atoms with Crippen LogP contribution in [0.1, 0.15) is 33.2 Å². The molecular weight excluding hydrogens is 434 g/mol. The van der Waals surface area contributed by atoms with E-state index in [9.17, 15) is 31.1 Å². The number of rotatable bonds is 2. The number of aryl methyl sites for hydroxylation is 1. The van der Waals surface area contributed by atoms with Gasteiger partial charge in [-0.2, -0.15) is 26.3 Å². The number of benzene rings is 3. The lowest BCUT2D eigenvalue weighted by Gasteiger charge is -2.36. The maximum absolute atomic E-state index is 14.0. The van der Waals surface area contributed by atoms with E-state index in [2.05, 4.69) is 4.99 Å². The summed E-state index contributed by atoms with van der Waals surface area (Å²) in [6.45, 7) is 1.83. The number of aliphatic imine (C=N–C) groups is 1. The van der Waals surface area contributed by atoms with Crippen LogP contribution in [0.5, 0.6) is 0 Å². The van der Waals surface area contributed by atoms with Crippen molar-refractivity contribution in [2.75, 3.05) is 11.9 Å². The number of anilines is 1. The van der Waals surface area contributed by atoms with Crippen LogP contribution in [0.3, 0.4) is 0 Å². The molecule has 0 radical (unpaired) electrons. The molecule has 0 spiro atoms. The van der Waals surface area contributed by atoms with E-state index in [1.807, 2.05) is 6.92 Å². The van der Waals surface area contributed by atoms with E-state index in [1.165, 1.54) is 36.2 Å². The molecule has 1 aliphatic heterocycles. The minimum atomic E-state index is -5.24. The molecule has 0 N–H and O–H groups in total. The molecule has 0 bridgehead atoms. The number of carbonyl (C=O) groups is 1. The van der Waals surface area contributed by atoms with Crippen LogP contribution in [0.2, 0.25) is 0 Å². The fraction of sp³-hybridized carbons (Fsp3) is 0.217. The molecule has 0 aliphatic carbocycles. The van der Waals surface area contributed by atoms with Crippen molar-refractivity contribution in [3.63, 3.8) is 0 Å². The summed E-state index contributed by atoms with van der Waals surface area (Å²) in [5.74, 6) is -2.21. The summed E-state index contributed by atoms with van der Waals surface area (Å²) in [7, 11) is 1.53. The smallest absolute Gasteiger partial charge is 0.348 e. The number of carbonyl (C=O) groups excluding carboxylic acids is 1. The number of alkyl halides is 6. The molecule has 0 saturated heterocycles. The Kier molecular flexibility index (Phi) is 5.02. The first kappa shape index (κ1) is 21.9. The molecule has 4 rings (SSSR count). The summed E-state index contributed by atoms with van der Waals surface area (Å²) in [6.07, 6.45) is -11.2. The highest BCUT2D eigenvalue weighted by Gasteiger charge is 2.45. The van der Waals surface area contributed by atoms with E-state index in [-0.39, 0.29) is 16.5 Å². The number of hydrogen-bond donors (Lipinski definition) is 0. The second kappa shape index (κ2) is 7.36. The fourth-order valence-electron chi connectivity index (χ4n) is 3.92. The molecule has 32 heavy (non-hydrogen) atoms. The van der Waals surface area contributed by atoms with Gasteiger partial charge in [-0.25, -0.2) is 0 Å². The molecule has 1 atom stereocenters. The van der Waals surface area contributed by atoms with Crippen molar-refractivity contribution in [3.05, 3.63) is 76.9 Å². The Balaban J connectivity index is 2.05. The number of hydrogen-bond acceptors (Lipinski definition) is 3. The second-order valence-electron chi connectivity index (χ2n) is 7.56. The number of halogens is 6. The summed E-state index contributed by atoms with van der Waals surface area (Å²) < 4.78 is 81.7. The van der Waals surface area contributed by atoms with Gasteiger partial charge in [0.15, 0.2) is 5.71 Å². The Morgan fingerprint density at radius 1 is 0.938 bits per heavy atom. The number of nitrogens with zero attached hydrogens (tertiary/aromatic N) is 2. The third-order valence-corrected chi connectivity index (χ3v) is 5.39.